The molecule has 27 heavy (non-hydrogen) atoms. The predicted molar refractivity (Wildman–Crippen MR) is 108 cm³/mol. The van der Waals surface area contributed by atoms with Gasteiger partial charge in [0, 0.05) is 22.8 Å². The van der Waals surface area contributed by atoms with Gasteiger partial charge >= 0.3 is 0 Å². The second-order valence-electron chi connectivity index (χ2n) is 8.00. The van der Waals surface area contributed by atoms with Crippen molar-refractivity contribution in [3.05, 3.63) is 46.2 Å². The Morgan fingerprint density at radius 1 is 1.22 bits per heavy atom. The molecule has 0 bridgehead atoms. The van der Waals surface area contributed by atoms with E-state index in [0.717, 1.165) is 12.0 Å². The highest BCUT2D eigenvalue weighted by Gasteiger charge is 2.51. The summed E-state index contributed by atoms with van der Waals surface area (Å²) in [5, 5.41) is 2.19. The Labute approximate surface area is 163 Å². The summed E-state index contributed by atoms with van der Waals surface area (Å²) in [6.45, 7) is 3.30. The van der Waals surface area contributed by atoms with Crippen LogP contribution in [0.1, 0.15) is 36.6 Å². The van der Waals surface area contributed by atoms with Gasteiger partial charge in [-0.25, -0.2) is 4.99 Å². The lowest BCUT2D eigenvalue weighted by Crippen LogP contribution is -2.59. The van der Waals surface area contributed by atoms with Crippen LogP contribution in [-0.2, 0) is 15.0 Å². The summed E-state index contributed by atoms with van der Waals surface area (Å²) in [6.07, 6.45) is 3.28. The molecule has 138 valence electrons. The van der Waals surface area contributed by atoms with Crippen LogP contribution in [0.15, 0.2) is 40.7 Å². The summed E-state index contributed by atoms with van der Waals surface area (Å²) in [7, 11) is 0. The van der Waals surface area contributed by atoms with Crippen LogP contribution in [0.2, 0.25) is 0 Å². The molecule has 3 heterocycles. The number of hydrogen-bond acceptors (Lipinski definition) is 5. The highest BCUT2D eigenvalue weighted by atomic mass is 32.1. The van der Waals surface area contributed by atoms with Crippen molar-refractivity contribution in [1.82, 2.24) is 0 Å². The fourth-order valence-corrected chi connectivity index (χ4v) is 4.81. The Hall–Kier alpha value is -2.29. The number of amidine groups is 1. The van der Waals surface area contributed by atoms with E-state index in [4.69, 9.17) is 15.2 Å². The van der Waals surface area contributed by atoms with Gasteiger partial charge in [0.1, 0.15) is 5.54 Å². The lowest BCUT2D eigenvalue weighted by atomic mass is 9.82. The van der Waals surface area contributed by atoms with E-state index in [1.807, 2.05) is 0 Å². The molecule has 5 rings (SSSR count). The largest absolute Gasteiger partial charge is 0.454 e. The molecule has 5 heteroatoms. The topological polar surface area (TPSA) is 56.8 Å². The lowest BCUT2D eigenvalue weighted by molar-refractivity contribution is -0.186. The zero-order chi connectivity index (χ0) is 18.5. The molecule has 1 aliphatic carbocycles. The normalized spacial score (nSPS) is 25.7. The maximum atomic E-state index is 5.99. The van der Waals surface area contributed by atoms with Crippen molar-refractivity contribution in [3.63, 3.8) is 0 Å². The highest BCUT2D eigenvalue weighted by molar-refractivity contribution is 7.10. The first kappa shape index (κ1) is 16.9. The molecule has 3 aliphatic rings. The van der Waals surface area contributed by atoms with Crippen molar-refractivity contribution in [1.29, 1.82) is 0 Å². The molecule has 1 spiro atoms. The second-order valence-corrected chi connectivity index (χ2v) is 8.91. The molecule has 0 amide bonds. The number of rotatable bonds is 2. The molecule has 4 nitrogen and oxygen atoms in total. The SMILES string of the molecule is CC1(c2cc(-c3cccc(C#CC4CC4)c3)cs2)CC2(COC2)OC(N)=N1. The van der Waals surface area contributed by atoms with Gasteiger partial charge in [-0.15, -0.1) is 11.3 Å². The molecule has 1 saturated carbocycles. The molecule has 2 N–H and O–H groups in total. The Morgan fingerprint density at radius 2 is 2.07 bits per heavy atom. The predicted octanol–water partition coefficient (Wildman–Crippen LogP) is 3.90. The van der Waals surface area contributed by atoms with Crippen LogP contribution in [0, 0.1) is 17.8 Å². The third kappa shape index (κ3) is 3.24. The Kier molecular flexibility index (Phi) is 3.82. The molecule has 1 aromatic carbocycles. The Bertz CT molecular complexity index is 975. The van der Waals surface area contributed by atoms with Gasteiger partial charge in [-0.3, -0.25) is 0 Å². The molecule has 2 fully saturated rings. The first-order valence-corrected chi connectivity index (χ1v) is 10.2. The quantitative estimate of drug-likeness (QED) is 0.807. The molecule has 2 aliphatic heterocycles. The van der Waals surface area contributed by atoms with Crippen molar-refractivity contribution in [2.45, 2.75) is 37.3 Å². The van der Waals surface area contributed by atoms with Crippen LogP contribution >= 0.6 is 11.3 Å². The third-order valence-corrected chi connectivity index (χ3v) is 6.58. The number of thiophene rings is 1. The van der Waals surface area contributed by atoms with Crippen LogP contribution in [0.4, 0.5) is 0 Å². The zero-order valence-corrected chi connectivity index (χ0v) is 16.1. The van der Waals surface area contributed by atoms with Crippen molar-refractivity contribution in [3.8, 4) is 23.0 Å². The summed E-state index contributed by atoms with van der Waals surface area (Å²) in [6, 6.07) is 11.0. The van der Waals surface area contributed by atoms with Gasteiger partial charge in [0.15, 0.2) is 5.60 Å². The van der Waals surface area contributed by atoms with Crippen LogP contribution in [0.25, 0.3) is 11.1 Å². The van der Waals surface area contributed by atoms with E-state index in [9.17, 15) is 0 Å². The van der Waals surface area contributed by atoms with E-state index in [0.29, 0.717) is 19.1 Å². The zero-order valence-electron chi connectivity index (χ0n) is 15.3. The van der Waals surface area contributed by atoms with Gasteiger partial charge in [0.2, 0.25) is 0 Å². The number of aliphatic imine (C=N–C) groups is 1. The van der Waals surface area contributed by atoms with E-state index in [-0.39, 0.29) is 17.2 Å². The van der Waals surface area contributed by atoms with Crippen LogP contribution in [0.5, 0.6) is 0 Å². The van der Waals surface area contributed by atoms with E-state index >= 15 is 0 Å². The Morgan fingerprint density at radius 3 is 2.81 bits per heavy atom. The number of nitrogens with two attached hydrogens (primary N) is 1. The smallest absolute Gasteiger partial charge is 0.283 e. The first-order chi connectivity index (χ1) is 13.0. The molecular formula is C22H22N2O2S. The van der Waals surface area contributed by atoms with Gasteiger partial charge in [-0.2, -0.15) is 0 Å². The van der Waals surface area contributed by atoms with E-state index in [1.54, 1.807) is 11.3 Å². The fraction of sp³-hybridized carbons (Fsp3) is 0.409. The second kappa shape index (κ2) is 6.12. The van der Waals surface area contributed by atoms with Crippen molar-refractivity contribution in [2.24, 2.45) is 16.6 Å². The minimum atomic E-state index is -0.377. The van der Waals surface area contributed by atoms with Gasteiger partial charge in [-0.1, -0.05) is 24.0 Å². The van der Waals surface area contributed by atoms with Crippen LogP contribution < -0.4 is 5.73 Å². The third-order valence-electron chi connectivity index (χ3n) is 5.40. The standard InChI is InChI=1S/C22H22N2O2S/c1-21(12-22(13-25-14-22)26-20(23)24-21)19-10-18(11-27-19)17-4-2-3-16(9-17)8-7-15-5-6-15/h2-4,9-11,15H,5-6,12-14H2,1H3,(H2,23,24). The minimum Gasteiger partial charge on any atom is -0.454 e. The van der Waals surface area contributed by atoms with Gasteiger partial charge < -0.3 is 15.2 Å². The molecule has 1 saturated heterocycles. The summed E-state index contributed by atoms with van der Waals surface area (Å²) in [5.74, 6) is 7.26. The van der Waals surface area contributed by atoms with Crippen LogP contribution in [0.3, 0.4) is 0 Å². The van der Waals surface area contributed by atoms with Gasteiger partial charge in [-0.05, 0) is 54.5 Å². The van der Waals surface area contributed by atoms with E-state index < -0.39 is 0 Å². The molecule has 0 radical (unpaired) electrons. The number of ether oxygens (including phenoxy) is 2. The maximum Gasteiger partial charge on any atom is 0.283 e. The van der Waals surface area contributed by atoms with Gasteiger partial charge in [0.05, 0.1) is 13.2 Å². The van der Waals surface area contributed by atoms with Crippen molar-refractivity contribution >= 4 is 17.4 Å². The lowest BCUT2D eigenvalue weighted by Gasteiger charge is -2.47. The first-order valence-electron chi connectivity index (χ1n) is 9.37. The van der Waals surface area contributed by atoms with Crippen LogP contribution in [-0.4, -0.2) is 24.8 Å². The molecule has 1 unspecified atom stereocenters. The molecular weight excluding hydrogens is 356 g/mol. The maximum absolute atomic E-state index is 5.99. The summed E-state index contributed by atoms with van der Waals surface area (Å²) >= 11 is 1.73. The fourth-order valence-electron chi connectivity index (χ4n) is 3.78. The monoisotopic (exact) mass is 378 g/mol. The molecule has 2 aromatic rings. The number of benzene rings is 1. The number of nitrogens with zero attached hydrogens (tertiary/aromatic N) is 1. The van der Waals surface area contributed by atoms with Crippen molar-refractivity contribution in [2.75, 3.05) is 13.2 Å². The van der Waals surface area contributed by atoms with Crippen molar-refractivity contribution < 1.29 is 9.47 Å². The summed E-state index contributed by atoms with van der Waals surface area (Å²) in [5.41, 5.74) is 8.77. The Balaban J connectivity index is 1.44. The average molecular weight is 378 g/mol. The average Bonchev–Trinajstić information content (AvgIpc) is 3.31. The molecule has 1 atom stereocenters. The highest BCUT2D eigenvalue weighted by Crippen LogP contribution is 2.45. The number of hydrogen-bond donors (Lipinski definition) is 1. The van der Waals surface area contributed by atoms with E-state index in [2.05, 4.69) is 59.5 Å². The summed E-state index contributed by atoms with van der Waals surface area (Å²) in [4.78, 5) is 5.85. The minimum absolute atomic E-state index is 0.263. The van der Waals surface area contributed by atoms with E-state index in [1.165, 1.54) is 28.8 Å². The molecule has 1 aromatic heterocycles. The van der Waals surface area contributed by atoms with Gasteiger partial charge in [0.25, 0.3) is 6.02 Å². The summed E-state index contributed by atoms with van der Waals surface area (Å²) < 4.78 is 11.2.